The molecule has 5 rings (SSSR count). The van der Waals surface area contributed by atoms with Gasteiger partial charge in [0.2, 0.25) is 0 Å². The third-order valence-electron chi connectivity index (χ3n) is 8.54. The van der Waals surface area contributed by atoms with Crippen molar-refractivity contribution >= 4 is 7.37 Å². The number of hydrogen-bond donors (Lipinski definition) is 1. The van der Waals surface area contributed by atoms with Crippen LogP contribution in [0, 0.1) is 11.3 Å². The Morgan fingerprint density at radius 3 is 2.41 bits per heavy atom. The van der Waals surface area contributed by atoms with E-state index in [0.717, 1.165) is 35.0 Å². The monoisotopic (exact) mass is 482 g/mol. The van der Waals surface area contributed by atoms with Crippen LogP contribution in [-0.4, -0.2) is 31.4 Å². The number of hydrogen-bond acceptors (Lipinski definition) is 3. The summed E-state index contributed by atoms with van der Waals surface area (Å²) in [6.45, 7) is 2.17. The zero-order valence-corrected chi connectivity index (χ0v) is 21.6. The van der Waals surface area contributed by atoms with Crippen LogP contribution in [0.2, 0.25) is 0 Å². The van der Waals surface area contributed by atoms with Gasteiger partial charge in [0.15, 0.2) is 7.37 Å². The van der Waals surface area contributed by atoms with Crippen LogP contribution < -0.4 is 9.47 Å². The quantitative estimate of drug-likeness (QED) is 0.386. The van der Waals surface area contributed by atoms with E-state index in [-0.39, 0.29) is 0 Å². The van der Waals surface area contributed by atoms with Crippen molar-refractivity contribution in [3.63, 3.8) is 0 Å². The van der Waals surface area contributed by atoms with Gasteiger partial charge in [-0.2, -0.15) is 0 Å². The zero-order valence-electron chi connectivity index (χ0n) is 20.7. The number of aryl methyl sites for hydroxylation is 1. The number of methoxy groups -OCH3 is 1. The van der Waals surface area contributed by atoms with E-state index in [0.29, 0.717) is 24.4 Å². The molecule has 0 bridgehead atoms. The molecule has 3 saturated carbocycles. The summed E-state index contributed by atoms with van der Waals surface area (Å²) in [7, 11) is -1.21. The van der Waals surface area contributed by atoms with Gasteiger partial charge >= 0.3 is 0 Å². The smallest absolute Gasteiger partial charge is 0.197 e. The Morgan fingerprint density at radius 2 is 1.74 bits per heavy atom. The van der Waals surface area contributed by atoms with Crippen LogP contribution in [0.15, 0.2) is 42.5 Å². The fourth-order valence-corrected chi connectivity index (χ4v) is 6.85. The standard InChI is InChI=1S/C29H39O4P/c1-32-25-10-11-27(24-18-29(19-24)13-14-29)28(17-25)23-8-6-22(7-9-23)20-33-26-5-3-4-21(16-26)12-15-34(2,30)31/h3-5,10-11,16-17,22-24H,6-9,12-15,18-20H2,1-2H3,(H,30,31). The van der Waals surface area contributed by atoms with Crippen LogP contribution >= 0.6 is 7.37 Å². The minimum absolute atomic E-state index is 0.314. The van der Waals surface area contributed by atoms with Crippen LogP contribution in [0.4, 0.5) is 0 Å². The van der Waals surface area contributed by atoms with Gasteiger partial charge in [-0.15, -0.1) is 0 Å². The molecule has 4 nitrogen and oxygen atoms in total. The molecule has 184 valence electrons. The Balaban J connectivity index is 1.15. The third kappa shape index (κ3) is 5.71. The molecular weight excluding hydrogens is 443 g/mol. The molecule has 0 saturated heterocycles. The van der Waals surface area contributed by atoms with Crippen LogP contribution in [0.25, 0.3) is 0 Å². The summed E-state index contributed by atoms with van der Waals surface area (Å²) in [6, 6.07) is 14.8. The van der Waals surface area contributed by atoms with Gasteiger partial charge in [0.1, 0.15) is 11.5 Å². The van der Waals surface area contributed by atoms with Crippen molar-refractivity contribution in [2.75, 3.05) is 26.5 Å². The summed E-state index contributed by atoms with van der Waals surface area (Å²) >= 11 is 0. The van der Waals surface area contributed by atoms with Gasteiger partial charge in [-0.25, -0.2) is 0 Å². The van der Waals surface area contributed by atoms with Crippen molar-refractivity contribution in [2.24, 2.45) is 11.3 Å². The average Bonchev–Trinajstić information content (AvgIpc) is 3.62. The largest absolute Gasteiger partial charge is 0.497 e. The van der Waals surface area contributed by atoms with E-state index < -0.39 is 7.37 Å². The minimum atomic E-state index is -2.98. The number of benzene rings is 2. The van der Waals surface area contributed by atoms with E-state index >= 15 is 0 Å². The molecule has 2 aromatic carbocycles. The molecule has 0 amide bonds. The van der Waals surface area contributed by atoms with E-state index in [1.54, 1.807) is 18.2 Å². The van der Waals surface area contributed by atoms with Crippen molar-refractivity contribution in [2.45, 2.75) is 69.6 Å². The van der Waals surface area contributed by atoms with Crippen molar-refractivity contribution in [3.8, 4) is 11.5 Å². The first-order chi connectivity index (χ1) is 16.3. The average molecular weight is 483 g/mol. The maximum atomic E-state index is 11.6. The van der Waals surface area contributed by atoms with E-state index in [2.05, 4.69) is 18.2 Å². The second-order valence-corrected chi connectivity index (χ2v) is 13.8. The molecule has 3 aliphatic carbocycles. The van der Waals surface area contributed by atoms with Crippen LogP contribution in [0.1, 0.15) is 79.9 Å². The molecule has 0 aliphatic heterocycles. The molecule has 5 heteroatoms. The molecule has 34 heavy (non-hydrogen) atoms. The van der Waals surface area contributed by atoms with Crippen LogP contribution in [-0.2, 0) is 11.0 Å². The van der Waals surface area contributed by atoms with Gasteiger partial charge in [-0.05, 0) is 122 Å². The lowest BCUT2D eigenvalue weighted by Gasteiger charge is -2.39. The SMILES string of the molecule is COc1ccc(C2CC3(CC3)C2)c(C2CCC(COc3cccc(CCP(C)(=O)O)c3)CC2)c1. The second kappa shape index (κ2) is 9.70. The summed E-state index contributed by atoms with van der Waals surface area (Å²) in [4.78, 5) is 9.56. The fourth-order valence-electron chi connectivity index (χ4n) is 6.18. The summed E-state index contributed by atoms with van der Waals surface area (Å²) < 4.78 is 23.3. The molecule has 1 unspecified atom stereocenters. The molecule has 1 atom stereocenters. The highest BCUT2D eigenvalue weighted by molar-refractivity contribution is 7.57. The third-order valence-corrected chi connectivity index (χ3v) is 9.59. The molecule has 1 N–H and O–H groups in total. The topological polar surface area (TPSA) is 55.8 Å². The number of rotatable bonds is 9. The minimum Gasteiger partial charge on any atom is -0.497 e. The van der Waals surface area contributed by atoms with Gasteiger partial charge in [-0.1, -0.05) is 18.2 Å². The highest BCUT2D eigenvalue weighted by atomic mass is 31.2. The van der Waals surface area contributed by atoms with Crippen LogP contribution in [0.5, 0.6) is 11.5 Å². The Kier molecular flexibility index (Phi) is 6.84. The van der Waals surface area contributed by atoms with Crippen LogP contribution in [0.3, 0.4) is 0 Å². The summed E-state index contributed by atoms with van der Waals surface area (Å²) in [5, 5.41) is 0. The summed E-state index contributed by atoms with van der Waals surface area (Å²) in [5.41, 5.74) is 4.92. The zero-order chi connectivity index (χ0) is 23.8. The molecule has 3 fully saturated rings. The first-order valence-corrected chi connectivity index (χ1v) is 15.3. The molecule has 2 aromatic rings. The maximum Gasteiger partial charge on any atom is 0.197 e. The van der Waals surface area contributed by atoms with Crippen molar-refractivity contribution < 1.29 is 18.9 Å². The summed E-state index contributed by atoms with van der Waals surface area (Å²) in [6.07, 6.45) is 11.4. The highest BCUT2D eigenvalue weighted by Crippen LogP contribution is 2.66. The second-order valence-electron chi connectivity index (χ2n) is 11.3. The molecule has 3 aliphatic rings. The predicted molar refractivity (Wildman–Crippen MR) is 138 cm³/mol. The molecule has 1 spiro atoms. The lowest BCUT2D eigenvalue weighted by Crippen LogP contribution is -2.25. The van der Waals surface area contributed by atoms with Crippen molar-refractivity contribution in [1.82, 2.24) is 0 Å². The maximum absolute atomic E-state index is 11.6. The van der Waals surface area contributed by atoms with Gasteiger partial charge in [0.05, 0.1) is 13.7 Å². The van der Waals surface area contributed by atoms with E-state index in [4.69, 9.17) is 9.47 Å². The molecule has 0 radical (unpaired) electrons. The van der Waals surface area contributed by atoms with Gasteiger partial charge < -0.3 is 14.4 Å². The van der Waals surface area contributed by atoms with Gasteiger partial charge in [0.25, 0.3) is 0 Å². The normalized spacial score (nSPS) is 25.4. The molecular formula is C29H39O4P. The molecule has 0 aromatic heterocycles. The first-order valence-electron chi connectivity index (χ1n) is 13.0. The lowest BCUT2D eigenvalue weighted by molar-refractivity contribution is 0.198. The van der Waals surface area contributed by atoms with Crippen molar-refractivity contribution in [1.29, 1.82) is 0 Å². The van der Waals surface area contributed by atoms with Gasteiger partial charge in [-0.3, -0.25) is 4.57 Å². The Labute approximate surface area is 204 Å². The molecule has 0 heterocycles. The Morgan fingerprint density at radius 1 is 0.971 bits per heavy atom. The first kappa shape index (κ1) is 23.9. The lowest BCUT2D eigenvalue weighted by atomic mass is 9.66. The highest BCUT2D eigenvalue weighted by Gasteiger charge is 2.53. The Bertz CT molecular complexity index is 1040. The van der Waals surface area contributed by atoms with Crippen molar-refractivity contribution in [3.05, 3.63) is 59.2 Å². The summed E-state index contributed by atoms with van der Waals surface area (Å²) in [5.74, 6) is 3.83. The van der Waals surface area contributed by atoms with E-state index in [9.17, 15) is 9.46 Å². The predicted octanol–water partition coefficient (Wildman–Crippen LogP) is 7.15. The number of ether oxygens (including phenoxy) is 2. The Hall–Kier alpha value is -1.77. The van der Waals surface area contributed by atoms with E-state index in [1.807, 2.05) is 24.3 Å². The fraction of sp³-hybridized carbons (Fsp3) is 0.586. The van der Waals surface area contributed by atoms with E-state index in [1.165, 1.54) is 58.0 Å². The van der Waals surface area contributed by atoms with Gasteiger partial charge in [0, 0.05) is 12.8 Å².